The number of furan rings is 1. The third-order valence-corrected chi connectivity index (χ3v) is 10.1. The number of hydrogen-bond acceptors (Lipinski definition) is 4. The van der Waals surface area contributed by atoms with Gasteiger partial charge in [0, 0.05) is 50.0 Å². The van der Waals surface area contributed by atoms with Crippen LogP contribution in [-0.2, 0) is 5.41 Å². The van der Waals surface area contributed by atoms with Crippen LogP contribution in [0, 0.1) is 0 Å². The Hall–Kier alpha value is -6.13. The first-order valence-electron chi connectivity index (χ1n) is 16.4. The maximum atomic E-state index is 6.48. The number of aromatic nitrogens is 1. The fraction of sp³-hybridized carbons (Fsp3) is 0.0682. The number of fused-ring (bicyclic) bond motifs is 9. The fourth-order valence-corrected chi connectivity index (χ4v) is 7.74. The van der Waals surface area contributed by atoms with Crippen LogP contribution < -0.4 is 4.90 Å². The molecule has 4 heteroatoms. The van der Waals surface area contributed by atoms with Gasteiger partial charge < -0.3 is 13.7 Å². The maximum Gasteiger partial charge on any atom is 0.227 e. The Bertz CT molecular complexity index is 2720. The van der Waals surface area contributed by atoms with Crippen LogP contribution >= 0.6 is 0 Å². The summed E-state index contributed by atoms with van der Waals surface area (Å²) in [5, 5.41) is 4.31. The van der Waals surface area contributed by atoms with Crippen molar-refractivity contribution < 1.29 is 8.83 Å². The second-order valence-corrected chi connectivity index (χ2v) is 13.2. The molecule has 7 aromatic carbocycles. The molecule has 0 amide bonds. The average Bonchev–Trinajstić information content (AvgIpc) is 3.79. The van der Waals surface area contributed by atoms with E-state index < -0.39 is 0 Å². The lowest BCUT2D eigenvalue weighted by molar-refractivity contribution is 0.623. The molecule has 0 unspecified atom stereocenters. The number of anilines is 3. The second kappa shape index (κ2) is 9.93. The van der Waals surface area contributed by atoms with Gasteiger partial charge in [-0.3, -0.25) is 0 Å². The van der Waals surface area contributed by atoms with Crippen molar-refractivity contribution in [2.45, 2.75) is 19.3 Å². The normalized spacial score (nSPS) is 13.4. The lowest BCUT2D eigenvalue weighted by atomic mass is 9.82. The molecule has 0 bridgehead atoms. The fourth-order valence-electron chi connectivity index (χ4n) is 7.74. The van der Waals surface area contributed by atoms with Gasteiger partial charge in [0.2, 0.25) is 5.89 Å². The van der Waals surface area contributed by atoms with Crippen molar-refractivity contribution in [2.75, 3.05) is 4.90 Å². The minimum Gasteiger partial charge on any atom is -0.456 e. The number of hydrogen-bond donors (Lipinski definition) is 0. The summed E-state index contributed by atoms with van der Waals surface area (Å²) in [7, 11) is 0. The van der Waals surface area contributed by atoms with E-state index in [1.54, 1.807) is 0 Å². The lowest BCUT2D eigenvalue weighted by Gasteiger charge is -2.29. The van der Waals surface area contributed by atoms with Gasteiger partial charge >= 0.3 is 0 Å². The van der Waals surface area contributed by atoms with Crippen LogP contribution in [-0.4, -0.2) is 4.98 Å². The summed E-state index contributed by atoms with van der Waals surface area (Å²) in [4.78, 5) is 7.39. The first kappa shape index (κ1) is 27.0. The highest BCUT2D eigenvalue weighted by Crippen LogP contribution is 2.51. The molecule has 4 nitrogen and oxygen atoms in total. The molecular formula is C44H30N2O2. The largest absolute Gasteiger partial charge is 0.456 e. The summed E-state index contributed by atoms with van der Waals surface area (Å²) in [5.74, 6) is 0.611. The lowest BCUT2D eigenvalue weighted by Crippen LogP contribution is -2.16. The highest BCUT2D eigenvalue weighted by Gasteiger charge is 2.36. The molecule has 48 heavy (non-hydrogen) atoms. The van der Waals surface area contributed by atoms with Gasteiger partial charge in [-0.15, -0.1) is 0 Å². The van der Waals surface area contributed by atoms with Crippen LogP contribution in [0.4, 0.5) is 17.1 Å². The van der Waals surface area contributed by atoms with Crippen molar-refractivity contribution >= 4 is 60.9 Å². The third-order valence-electron chi connectivity index (χ3n) is 10.1. The molecule has 9 aromatic rings. The molecule has 0 fully saturated rings. The van der Waals surface area contributed by atoms with E-state index >= 15 is 0 Å². The van der Waals surface area contributed by atoms with Gasteiger partial charge in [-0.1, -0.05) is 105 Å². The van der Waals surface area contributed by atoms with E-state index in [0.29, 0.717) is 5.89 Å². The van der Waals surface area contributed by atoms with Crippen LogP contribution in [0.5, 0.6) is 0 Å². The zero-order chi connectivity index (χ0) is 32.0. The summed E-state index contributed by atoms with van der Waals surface area (Å²) < 4.78 is 12.9. The van der Waals surface area contributed by atoms with E-state index in [4.69, 9.17) is 13.8 Å². The monoisotopic (exact) mass is 618 g/mol. The van der Waals surface area contributed by atoms with Crippen molar-refractivity contribution in [3.8, 4) is 22.6 Å². The Labute approximate surface area is 277 Å². The molecule has 10 rings (SSSR count). The first-order valence-corrected chi connectivity index (χ1v) is 16.4. The molecule has 0 spiro atoms. The van der Waals surface area contributed by atoms with Gasteiger partial charge in [-0.25, -0.2) is 4.98 Å². The Kier molecular flexibility index (Phi) is 5.59. The average molecular weight is 619 g/mol. The zero-order valence-corrected chi connectivity index (χ0v) is 26.6. The number of rotatable bonds is 4. The van der Waals surface area contributed by atoms with Gasteiger partial charge in [0.05, 0.1) is 5.69 Å². The summed E-state index contributed by atoms with van der Waals surface area (Å²) >= 11 is 0. The molecule has 228 valence electrons. The maximum absolute atomic E-state index is 6.48. The molecule has 2 aromatic heterocycles. The summed E-state index contributed by atoms with van der Waals surface area (Å²) in [6, 6.07) is 51.2. The molecule has 1 aliphatic rings. The highest BCUT2D eigenvalue weighted by molar-refractivity contribution is 6.13. The molecule has 0 atom stereocenters. The molecule has 0 saturated heterocycles. The molecular weight excluding hydrogens is 588 g/mol. The van der Waals surface area contributed by atoms with Crippen molar-refractivity contribution in [2.24, 2.45) is 0 Å². The first-order chi connectivity index (χ1) is 23.5. The molecule has 0 N–H and O–H groups in total. The molecule has 0 aliphatic heterocycles. The van der Waals surface area contributed by atoms with E-state index in [0.717, 1.165) is 66.4 Å². The quantitative estimate of drug-likeness (QED) is 0.197. The Balaban J connectivity index is 1.25. The molecule has 2 heterocycles. The van der Waals surface area contributed by atoms with Gasteiger partial charge in [0.15, 0.2) is 5.58 Å². The predicted molar refractivity (Wildman–Crippen MR) is 196 cm³/mol. The van der Waals surface area contributed by atoms with Crippen molar-refractivity contribution in [1.82, 2.24) is 4.98 Å². The highest BCUT2D eigenvalue weighted by atomic mass is 16.3. The van der Waals surface area contributed by atoms with Crippen molar-refractivity contribution in [3.05, 3.63) is 157 Å². The summed E-state index contributed by atoms with van der Waals surface area (Å²) in [6.45, 7) is 4.66. The number of para-hydroxylation sites is 1. The SMILES string of the molecule is CC1(C)c2ccccc2-c2ccc(N(c3ccc4c(c3)oc3ccccc34)c3cc4nc(-c5ccccc5)oc4c4ccccc34)cc21. The van der Waals surface area contributed by atoms with E-state index in [2.05, 4.69) is 122 Å². The van der Waals surface area contributed by atoms with E-state index in [9.17, 15) is 0 Å². The van der Waals surface area contributed by atoms with Crippen LogP contribution in [0.3, 0.4) is 0 Å². The van der Waals surface area contributed by atoms with E-state index in [1.807, 2.05) is 42.5 Å². The van der Waals surface area contributed by atoms with Gasteiger partial charge in [0.1, 0.15) is 16.7 Å². The zero-order valence-electron chi connectivity index (χ0n) is 26.6. The second-order valence-electron chi connectivity index (χ2n) is 13.2. The van der Waals surface area contributed by atoms with Gasteiger partial charge in [-0.2, -0.15) is 0 Å². The number of nitrogens with zero attached hydrogens (tertiary/aromatic N) is 2. The molecule has 0 saturated carbocycles. The van der Waals surface area contributed by atoms with E-state index in [-0.39, 0.29) is 5.41 Å². The molecule has 1 aliphatic carbocycles. The standard InChI is InChI=1S/C44H30N2O2/c1-44(2)36-18-10-8-14-30(36)31-22-20-28(24-37(31)44)46(29-21-23-34-33-16-9-11-19-40(33)47-41(34)25-29)39-26-38-42(35-17-7-6-15-32(35)39)48-43(45-38)27-12-4-3-5-13-27/h3-26H,1-2H3. The Morgan fingerprint density at radius 3 is 2.06 bits per heavy atom. The van der Waals surface area contributed by atoms with Gasteiger partial charge in [-0.05, 0) is 70.8 Å². The minimum absolute atomic E-state index is 0.140. The van der Waals surface area contributed by atoms with Gasteiger partial charge in [0.25, 0.3) is 0 Å². The summed E-state index contributed by atoms with van der Waals surface area (Å²) in [5.41, 5.74) is 12.5. The molecule has 0 radical (unpaired) electrons. The van der Waals surface area contributed by atoms with Crippen molar-refractivity contribution in [3.63, 3.8) is 0 Å². The van der Waals surface area contributed by atoms with E-state index in [1.165, 1.54) is 22.3 Å². The van der Waals surface area contributed by atoms with Crippen LogP contribution in [0.2, 0.25) is 0 Å². The summed E-state index contributed by atoms with van der Waals surface area (Å²) in [6.07, 6.45) is 0. The number of oxazole rings is 1. The van der Waals surface area contributed by atoms with Crippen molar-refractivity contribution in [1.29, 1.82) is 0 Å². The smallest absolute Gasteiger partial charge is 0.227 e. The minimum atomic E-state index is -0.140. The number of benzene rings is 7. The van der Waals surface area contributed by atoms with Crippen LogP contribution in [0.15, 0.2) is 154 Å². The third kappa shape index (κ3) is 3.86. The Morgan fingerprint density at radius 1 is 0.521 bits per heavy atom. The van der Waals surface area contributed by atoms with Crippen LogP contribution in [0.1, 0.15) is 25.0 Å². The predicted octanol–water partition coefficient (Wildman–Crippen LogP) is 12.3. The Morgan fingerprint density at radius 2 is 1.19 bits per heavy atom. The topological polar surface area (TPSA) is 42.4 Å². The van der Waals surface area contributed by atoms with Crippen LogP contribution in [0.25, 0.3) is 66.4 Å².